The molecule has 0 unspecified atom stereocenters. The summed E-state index contributed by atoms with van der Waals surface area (Å²) in [5.41, 5.74) is 1.99. The van der Waals surface area contributed by atoms with E-state index in [-0.39, 0.29) is 5.91 Å². The first-order chi connectivity index (χ1) is 9.10. The Hall–Kier alpha value is -2.37. The Morgan fingerprint density at radius 3 is 2.89 bits per heavy atom. The standard InChI is InChI=1S/C13H17N5O/c1-4-18-10(2)11(9-14-18)5-6-13(19)15-12-7-8-17(3)16-12/h5-9H,4H2,1-3H3,(H,15,16,19)/b6-5+. The molecule has 0 spiro atoms. The summed E-state index contributed by atoms with van der Waals surface area (Å²) in [5, 5.41) is 11.0. The number of aromatic nitrogens is 4. The Balaban J connectivity index is 2.01. The second-order valence-corrected chi connectivity index (χ2v) is 4.20. The van der Waals surface area contributed by atoms with Gasteiger partial charge in [-0.25, -0.2) is 0 Å². The highest BCUT2D eigenvalue weighted by atomic mass is 16.1. The van der Waals surface area contributed by atoms with E-state index in [4.69, 9.17) is 0 Å². The highest BCUT2D eigenvalue weighted by Crippen LogP contribution is 2.09. The van der Waals surface area contributed by atoms with Crippen molar-refractivity contribution in [1.82, 2.24) is 19.6 Å². The van der Waals surface area contributed by atoms with Crippen molar-refractivity contribution >= 4 is 17.8 Å². The number of amides is 1. The van der Waals surface area contributed by atoms with E-state index in [9.17, 15) is 4.79 Å². The van der Waals surface area contributed by atoms with Gasteiger partial charge in [-0.15, -0.1) is 0 Å². The average Bonchev–Trinajstić information content (AvgIpc) is 2.93. The van der Waals surface area contributed by atoms with Crippen LogP contribution >= 0.6 is 0 Å². The lowest BCUT2D eigenvalue weighted by atomic mass is 10.2. The lowest BCUT2D eigenvalue weighted by Crippen LogP contribution is -2.08. The number of hydrogen-bond acceptors (Lipinski definition) is 3. The molecule has 0 aliphatic carbocycles. The number of carbonyl (C=O) groups excluding carboxylic acids is 1. The molecule has 0 aliphatic rings. The van der Waals surface area contributed by atoms with Gasteiger partial charge in [-0.1, -0.05) is 0 Å². The minimum Gasteiger partial charge on any atom is -0.306 e. The predicted molar refractivity (Wildman–Crippen MR) is 73.5 cm³/mol. The molecule has 0 saturated heterocycles. The molecular formula is C13H17N5O. The number of anilines is 1. The molecule has 1 N–H and O–H groups in total. The fraction of sp³-hybridized carbons (Fsp3) is 0.308. The minimum absolute atomic E-state index is 0.206. The van der Waals surface area contributed by atoms with Gasteiger partial charge in [0.2, 0.25) is 5.91 Å². The molecule has 2 aromatic rings. The molecule has 0 saturated carbocycles. The molecule has 0 radical (unpaired) electrons. The van der Waals surface area contributed by atoms with Crippen LogP contribution in [0, 0.1) is 6.92 Å². The lowest BCUT2D eigenvalue weighted by Gasteiger charge is -1.99. The van der Waals surface area contributed by atoms with Gasteiger partial charge >= 0.3 is 0 Å². The molecule has 6 heteroatoms. The maximum Gasteiger partial charge on any atom is 0.249 e. The normalized spacial score (nSPS) is 11.1. The van der Waals surface area contributed by atoms with Crippen LogP contribution < -0.4 is 5.32 Å². The Bertz CT molecular complexity index is 608. The van der Waals surface area contributed by atoms with Crippen molar-refractivity contribution in [2.75, 3.05) is 5.32 Å². The van der Waals surface area contributed by atoms with Crippen molar-refractivity contribution in [3.8, 4) is 0 Å². The van der Waals surface area contributed by atoms with Crippen LogP contribution in [0.15, 0.2) is 24.5 Å². The maximum atomic E-state index is 11.7. The van der Waals surface area contributed by atoms with Gasteiger partial charge in [0, 0.05) is 43.2 Å². The minimum atomic E-state index is -0.206. The van der Waals surface area contributed by atoms with E-state index in [0.29, 0.717) is 5.82 Å². The topological polar surface area (TPSA) is 64.7 Å². The zero-order valence-electron chi connectivity index (χ0n) is 11.3. The summed E-state index contributed by atoms with van der Waals surface area (Å²) in [4.78, 5) is 11.7. The van der Waals surface area contributed by atoms with Crippen molar-refractivity contribution in [3.05, 3.63) is 35.8 Å². The molecular weight excluding hydrogens is 242 g/mol. The highest BCUT2D eigenvalue weighted by molar-refractivity contribution is 6.01. The van der Waals surface area contributed by atoms with E-state index in [2.05, 4.69) is 15.5 Å². The number of rotatable bonds is 4. The summed E-state index contributed by atoms with van der Waals surface area (Å²) in [6, 6.07) is 1.74. The van der Waals surface area contributed by atoms with Crippen LogP contribution in [0.2, 0.25) is 0 Å². The van der Waals surface area contributed by atoms with E-state index in [1.807, 2.05) is 18.5 Å². The van der Waals surface area contributed by atoms with Gasteiger partial charge in [0.25, 0.3) is 0 Å². The Kier molecular flexibility index (Phi) is 3.79. The summed E-state index contributed by atoms with van der Waals surface area (Å²) >= 11 is 0. The Morgan fingerprint density at radius 1 is 1.53 bits per heavy atom. The third kappa shape index (κ3) is 3.09. The van der Waals surface area contributed by atoms with Crippen LogP contribution in [-0.4, -0.2) is 25.5 Å². The fourth-order valence-electron chi connectivity index (χ4n) is 1.76. The molecule has 2 rings (SSSR count). The van der Waals surface area contributed by atoms with E-state index in [1.165, 1.54) is 6.08 Å². The second-order valence-electron chi connectivity index (χ2n) is 4.20. The summed E-state index contributed by atoms with van der Waals surface area (Å²) in [5.74, 6) is 0.334. The molecule has 6 nitrogen and oxygen atoms in total. The largest absolute Gasteiger partial charge is 0.306 e. The highest BCUT2D eigenvalue weighted by Gasteiger charge is 2.03. The molecule has 0 atom stereocenters. The molecule has 2 aromatic heterocycles. The smallest absolute Gasteiger partial charge is 0.249 e. The summed E-state index contributed by atoms with van der Waals surface area (Å²) in [6.45, 7) is 4.83. The van der Waals surface area contributed by atoms with Gasteiger partial charge in [0.15, 0.2) is 5.82 Å². The lowest BCUT2D eigenvalue weighted by molar-refractivity contribution is -0.111. The van der Waals surface area contributed by atoms with Gasteiger partial charge in [-0.2, -0.15) is 10.2 Å². The molecule has 2 heterocycles. The van der Waals surface area contributed by atoms with Crippen LogP contribution in [0.1, 0.15) is 18.2 Å². The molecule has 0 bridgehead atoms. The summed E-state index contributed by atoms with van der Waals surface area (Å²) in [6.07, 6.45) is 6.77. The average molecular weight is 259 g/mol. The third-order valence-corrected chi connectivity index (χ3v) is 2.82. The molecule has 1 amide bonds. The van der Waals surface area contributed by atoms with E-state index < -0.39 is 0 Å². The SMILES string of the molecule is CCn1ncc(/C=C/C(=O)Nc2ccn(C)n2)c1C. The van der Waals surface area contributed by atoms with Crippen LogP contribution in [0.4, 0.5) is 5.82 Å². The van der Waals surface area contributed by atoms with E-state index >= 15 is 0 Å². The van der Waals surface area contributed by atoms with Crippen molar-refractivity contribution < 1.29 is 4.79 Å². The second kappa shape index (κ2) is 5.51. The molecule has 0 aromatic carbocycles. The third-order valence-electron chi connectivity index (χ3n) is 2.82. The number of nitrogens with zero attached hydrogens (tertiary/aromatic N) is 4. The van der Waals surface area contributed by atoms with Gasteiger partial charge < -0.3 is 5.32 Å². The fourth-order valence-corrected chi connectivity index (χ4v) is 1.76. The van der Waals surface area contributed by atoms with Gasteiger partial charge in [-0.3, -0.25) is 14.2 Å². The molecule has 19 heavy (non-hydrogen) atoms. The molecule has 0 aliphatic heterocycles. The van der Waals surface area contributed by atoms with Gasteiger partial charge in [0.05, 0.1) is 6.20 Å². The predicted octanol–water partition coefficient (Wildman–Crippen LogP) is 1.60. The van der Waals surface area contributed by atoms with E-state index in [1.54, 1.807) is 36.3 Å². The van der Waals surface area contributed by atoms with Crippen LogP contribution in [0.25, 0.3) is 6.08 Å². The zero-order valence-corrected chi connectivity index (χ0v) is 11.3. The Labute approximate surface area is 111 Å². The number of hydrogen-bond donors (Lipinski definition) is 1. The first-order valence-electron chi connectivity index (χ1n) is 6.11. The number of carbonyl (C=O) groups is 1. The molecule has 0 fully saturated rings. The number of aryl methyl sites for hydroxylation is 2. The van der Waals surface area contributed by atoms with Gasteiger partial charge in [-0.05, 0) is 19.9 Å². The number of nitrogens with one attached hydrogen (secondary N) is 1. The Morgan fingerprint density at radius 2 is 2.32 bits per heavy atom. The van der Waals surface area contributed by atoms with E-state index in [0.717, 1.165) is 17.8 Å². The van der Waals surface area contributed by atoms with Crippen LogP contribution in [0.3, 0.4) is 0 Å². The van der Waals surface area contributed by atoms with Crippen LogP contribution in [0.5, 0.6) is 0 Å². The van der Waals surface area contributed by atoms with Crippen molar-refractivity contribution in [2.24, 2.45) is 7.05 Å². The van der Waals surface area contributed by atoms with Gasteiger partial charge in [0.1, 0.15) is 0 Å². The van der Waals surface area contributed by atoms with Crippen molar-refractivity contribution in [2.45, 2.75) is 20.4 Å². The van der Waals surface area contributed by atoms with Crippen molar-refractivity contribution in [3.63, 3.8) is 0 Å². The monoisotopic (exact) mass is 259 g/mol. The van der Waals surface area contributed by atoms with Crippen molar-refractivity contribution in [1.29, 1.82) is 0 Å². The summed E-state index contributed by atoms with van der Waals surface area (Å²) < 4.78 is 3.52. The zero-order chi connectivity index (χ0) is 13.8. The van der Waals surface area contributed by atoms with Crippen LogP contribution in [-0.2, 0) is 18.4 Å². The summed E-state index contributed by atoms with van der Waals surface area (Å²) in [7, 11) is 1.80. The first-order valence-corrected chi connectivity index (χ1v) is 6.11. The first kappa shape index (κ1) is 13.1. The maximum absolute atomic E-state index is 11.7. The molecule has 100 valence electrons. The quantitative estimate of drug-likeness (QED) is 0.848.